The third-order valence-electron chi connectivity index (χ3n) is 4.81. The second-order valence-corrected chi connectivity index (χ2v) is 9.70. The predicted molar refractivity (Wildman–Crippen MR) is 119 cm³/mol. The minimum atomic E-state index is -0.140. The first-order chi connectivity index (χ1) is 14.1. The van der Waals surface area contributed by atoms with Gasteiger partial charge in [0.1, 0.15) is 11.1 Å². The summed E-state index contributed by atoms with van der Waals surface area (Å²) in [6, 6.07) is 10.1. The molecule has 6 nitrogen and oxygen atoms in total. The number of aromatic nitrogens is 3. The lowest BCUT2D eigenvalue weighted by molar-refractivity contribution is -0.113. The van der Waals surface area contributed by atoms with Crippen LogP contribution in [0.25, 0.3) is 11.4 Å². The SMILES string of the molecule is Cn1c(SCC(=O)Nc2sc3c(c2C#N)CCCC3)nnc1-c1ccc(Br)cc1. The Morgan fingerprint density at radius 1 is 1.31 bits per heavy atom. The number of carbonyl (C=O) groups excluding carboxylic acids is 1. The van der Waals surface area contributed by atoms with Crippen LogP contribution in [0.2, 0.25) is 0 Å². The second kappa shape index (κ2) is 8.69. The number of rotatable bonds is 5. The van der Waals surface area contributed by atoms with Gasteiger partial charge in [0, 0.05) is 22.0 Å². The molecule has 2 aromatic heterocycles. The first-order valence-electron chi connectivity index (χ1n) is 9.19. The number of nitrogens with one attached hydrogen (secondary N) is 1. The van der Waals surface area contributed by atoms with Gasteiger partial charge in [-0.1, -0.05) is 39.8 Å². The van der Waals surface area contributed by atoms with Gasteiger partial charge in [-0.05, 0) is 43.4 Å². The van der Waals surface area contributed by atoms with Crippen molar-refractivity contribution in [2.45, 2.75) is 30.8 Å². The molecule has 0 saturated carbocycles. The maximum atomic E-state index is 12.5. The summed E-state index contributed by atoms with van der Waals surface area (Å²) in [5, 5.41) is 22.3. The summed E-state index contributed by atoms with van der Waals surface area (Å²) in [5.41, 5.74) is 2.72. The van der Waals surface area contributed by atoms with Gasteiger partial charge >= 0.3 is 0 Å². The summed E-state index contributed by atoms with van der Waals surface area (Å²) in [4.78, 5) is 13.7. The van der Waals surface area contributed by atoms with E-state index in [1.165, 1.54) is 16.6 Å². The highest BCUT2D eigenvalue weighted by atomic mass is 79.9. The number of aryl methyl sites for hydroxylation is 1. The Labute approximate surface area is 185 Å². The molecule has 0 fully saturated rings. The van der Waals surface area contributed by atoms with Gasteiger partial charge in [-0.15, -0.1) is 21.5 Å². The molecule has 1 aliphatic rings. The predicted octanol–water partition coefficient (Wildman–Crippen LogP) is 4.79. The van der Waals surface area contributed by atoms with E-state index in [-0.39, 0.29) is 11.7 Å². The highest BCUT2D eigenvalue weighted by Gasteiger charge is 2.22. The Kier molecular flexibility index (Phi) is 6.04. The molecule has 1 aliphatic carbocycles. The van der Waals surface area contributed by atoms with Crippen molar-refractivity contribution in [3.63, 3.8) is 0 Å². The highest BCUT2D eigenvalue weighted by Crippen LogP contribution is 2.37. The van der Waals surface area contributed by atoms with E-state index in [2.05, 4.69) is 37.5 Å². The Bertz CT molecular complexity index is 1100. The smallest absolute Gasteiger partial charge is 0.235 e. The van der Waals surface area contributed by atoms with E-state index in [1.807, 2.05) is 35.9 Å². The molecule has 148 valence electrons. The van der Waals surface area contributed by atoms with Crippen LogP contribution in [-0.2, 0) is 24.7 Å². The zero-order valence-electron chi connectivity index (χ0n) is 15.7. The molecule has 29 heavy (non-hydrogen) atoms. The molecule has 0 bridgehead atoms. The number of benzene rings is 1. The van der Waals surface area contributed by atoms with Crippen molar-refractivity contribution >= 4 is 49.9 Å². The number of nitrogens with zero attached hydrogens (tertiary/aromatic N) is 4. The van der Waals surface area contributed by atoms with E-state index in [9.17, 15) is 10.1 Å². The van der Waals surface area contributed by atoms with E-state index in [0.717, 1.165) is 47.1 Å². The molecule has 4 rings (SSSR count). The number of carbonyl (C=O) groups is 1. The van der Waals surface area contributed by atoms with Crippen molar-refractivity contribution in [2.75, 3.05) is 11.1 Å². The van der Waals surface area contributed by atoms with Crippen molar-refractivity contribution in [3.8, 4) is 17.5 Å². The van der Waals surface area contributed by atoms with E-state index in [4.69, 9.17) is 0 Å². The van der Waals surface area contributed by atoms with Crippen molar-refractivity contribution < 1.29 is 4.79 Å². The number of thiophene rings is 1. The molecular weight excluding hydrogens is 470 g/mol. The molecule has 0 radical (unpaired) electrons. The number of halogens is 1. The minimum Gasteiger partial charge on any atom is -0.316 e. The van der Waals surface area contributed by atoms with Crippen LogP contribution < -0.4 is 5.32 Å². The molecule has 0 saturated heterocycles. The molecule has 1 N–H and O–H groups in total. The summed E-state index contributed by atoms with van der Waals surface area (Å²) in [7, 11) is 1.89. The summed E-state index contributed by atoms with van der Waals surface area (Å²) in [5.74, 6) is 0.816. The molecular formula is C20H18BrN5OS2. The van der Waals surface area contributed by atoms with Crippen LogP contribution in [0.1, 0.15) is 28.8 Å². The number of anilines is 1. The molecule has 0 unspecified atom stereocenters. The zero-order chi connectivity index (χ0) is 20.4. The summed E-state index contributed by atoms with van der Waals surface area (Å²) < 4.78 is 2.88. The zero-order valence-corrected chi connectivity index (χ0v) is 19.0. The second-order valence-electron chi connectivity index (χ2n) is 6.74. The van der Waals surface area contributed by atoms with Crippen molar-refractivity contribution in [2.24, 2.45) is 7.05 Å². The van der Waals surface area contributed by atoms with Crippen molar-refractivity contribution in [3.05, 3.63) is 44.7 Å². The van der Waals surface area contributed by atoms with Crippen LogP contribution in [0.5, 0.6) is 0 Å². The molecule has 3 aromatic rings. The van der Waals surface area contributed by atoms with Crippen molar-refractivity contribution in [1.29, 1.82) is 5.26 Å². The topological polar surface area (TPSA) is 83.6 Å². The lowest BCUT2D eigenvalue weighted by Gasteiger charge is -2.09. The van der Waals surface area contributed by atoms with Crippen LogP contribution in [0.3, 0.4) is 0 Å². The van der Waals surface area contributed by atoms with Gasteiger partial charge < -0.3 is 9.88 Å². The average molecular weight is 488 g/mol. The number of amides is 1. The van der Waals surface area contributed by atoms with Crippen LogP contribution >= 0.6 is 39.0 Å². The molecule has 0 atom stereocenters. The number of hydrogen-bond donors (Lipinski definition) is 1. The van der Waals surface area contributed by atoms with E-state index < -0.39 is 0 Å². The van der Waals surface area contributed by atoms with Gasteiger partial charge in [0.15, 0.2) is 11.0 Å². The van der Waals surface area contributed by atoms with Gasteiger partial charge in [-0.25, -0.2) is 0 Å². The summed E-state index contributed by atoms with van der Waals surface area (Å²) >= 11 is 6.30. The molecule has 2 heterocycles. The normalized spacial score (nSPS) is 13.0. The van der Waals surface area contributed by atoms with E-state index in [1.54, 1.807) is 11.3 Å². The van der Waals surface area contributed by atoms with Gasteiger partial charge in [-0.3, -0.25) is 4.79 Å². The molecule has 1 aromatic carbocycles. The lowest BCUT2D eigenvalue weighted by Crippen LogP contribution is -2.14. The fraction of sp³-hybridized carbons (Fsp3) is 0.300. The van der Waals surface area contributed by atoms with Crippen molar-refractivity contribution in [1.82, 2.24) is 14.8 Å². The van der Waals surface area contributed by atoms with Gasteiger partial charge in [0.25, 0.3) is 0 Å². The Morgan fingerprint density at radius 3 is 2.83 bits per heavy atom. The highest BCUT2D eigenvalue weighted by molar-refractivity contribution is 9.10. The molecule has 9 heteroatoms. The van der Waals surface area contributed by atoms with Crippen LogP contribution in [0, 0.1) is 11.3 Å². The minimum absolute atomic E-state index is 0.140. The largest absolute Gasteiger partial charge is 0.316 e. The van der Waals surface area contributed by atoms with Gasteiger partial charge in [-0.2, -0.15) is 5.26 Å². The third-order valence-corrected chi connectivity index (χ3v) is 7.56. The first-order valence-corrected chi connectivity index (χ1v) is 11.8. The maximum Gasteiger partial charge on any atom is 0.235 e. The lowest BCUT2D eigenvalue weighted by atomic mass is 9.96. The monoisotopic (exact) mass is 487 g/mol. The van der Waals surface area contributed by atoms with Gasteiger partial charge in [0.05, 0.1) is 11.3 Å². The fourth-order valence-electron chi connectivity index (χ4n) is 3.36. The Hall–Kier alpha value is -2.15. The Balaban J connectivity index is 1.43. The number of hydrogen-bond acceptors (Lipinski definition) is 6. The average Bonchev–Trinajstić information content (AvgIpc) is 3.26. The quantitative estimate of drug-likeness (QED) is 0.523. The van der Waals surface area contributed by atoms with E-state index in [0.29, 0.717) is 15.7 Å². The molecule has 0 aliphatic heterocycles. The van der Waals surface area contributed by atoms with Gasteiger partial charge in [0.2, 0.25) is 5.91 Å². The molecule has 0 spiro atoms. The Morgan fingerprint density at radius 2 is 2.07 bits per heavy atom. The number of thioether (sulfide) groups is 1. The third kappa shape index (κ3) is 4.25. The first kappa shape index (κ1) is 20.1. The number of fused-ring (bicyclic) bond motifs is 1. The molecule has 1 amide bonds. The summed E-state index contributed by atoms with van der Waals surface area (Å²) in [6.45, 7) is 0. The number of nitriles is 1. The summed E-state index contributed by atoms with van der Waals surface area (Å²) in [6.07, 6.45) is 4.18. The van der Waals surface area contributed by atoms with Crippen LogP contribution in [-0.4, -0.2) is 26.4 Å². The maximum absolute atomic E-state index is 12.5. The fourth-order valence-corrected chi connectivity index (χ4v) is 5.59. The van der Waals surface area contributed by atoms with E-state index >= 15 is 0 Å². The standard InChI is InChI=1S/C20H18BrN5OS2/c1-26-18(12-6-8-13(21)9-7-12)24-25-20(26)28-11-17(27)23-19-15(10-22)14-4-2-3-5-16(14)29-19/h6-9H,2-5,11H2,1H3,(H,23,27). The van der Waals surface area contributed by atoms with Crippen LogP contribution in [0.4, 0.5) is 5.00 Å². The van der Waals surface area contributed by atoms with Crippen LogP contribution in [0.15, 0.2) is 33.9 Å².